The first kappa shape index (κ1) is 20.4. The smallest absolute Gasteiger partial charge is 0.244 e. The Hall–Kier alpha value is -3.92. The number of nitriles is 1. The number of nitrogens with zero attached hydrogens (tertiary/aromatic N) is 2. The fraction of sp³-hybridized carbons (Fsp3) is 0.250. The Labute approximate surface area is 181 Å². The number of fused-ring (bicyclic) bond motifs is 1. The summed E-state index contributed by atoms with van der Waals surface area (Å²) >= 11 is 0. The second-order valence-corrected chi connectivity index (χ2v) is 7.63. The summed E-state index contributed by atoms with van der Waals surface area (Å²) in [5, 5.41) is 17.3. The van der Waals surface area contributed by atoms with Gasteiger partial charge in [0.1, 0.15) is 23.1 Å². The number of nitrogens with two attached hydrogens (primary N) is 1. The molecule has 31 heavy (non-hydrogen) atoms. The van der Waals surface area contributed by atoms with Crippen LogP contribution < -0.4 is 19.9 Å². The molecule has 0 spiro atoms. The van der Waals surface area contributed by atoms with Crippen molar-refractivity contribution in [2.24, 2.45) is 5.73 Å². The summed E-state index contributed by atoms with van der Waals surface area (Å²) in [5.74, 6) is 1.69. The first-order chi connectivity index (χ1) is 15.0. The molecule has 0 radical (unpaired) electrons. The van der Waals surface area contributed by atoms with Gasteiger partial charge in [-0.25, -0.2) is 0 Å². The van der Waals surface area contributed by atoms with E-state index >= 15 is 0 Å². The van der Waals surface area contributed by atoms with Gasteiger partial charge in [-0.2, -0.15) is 5.26 Å². The number of nitrogens with one attached hydrogen (secondary N) is 1. The molecule has 3 aromatic rings. The number of aromatic nitrogens is 2. The highest BCUT2D eigenvalue weighted by atomic mass is 16.5. The largest absolute Gasteiger partial charge is 0.497 e. The van der Waals surface area contributed by atoms with Gasteiger partial charge in [-0.15, -0.1) is 5.10 Å². The van der Waals surface area contributed by atoms with Crippen LogP contribution in [0.2, 0.25) is 0 Å². The van der Waals surface area contributed by atoms with Crippen molar-refractivity contribution >= 4 is 0 Å². The van der Waals surface area contributed by atoms with Gasteiger partial charge < -0.3 is 19.9 Å². The molecule has 3 N–H and O–H groups in total. The number of hydrogen-bond donors (Lipinski definition) is 2. The molecule has 0 aliphatic carbocycles. The number of benzene rings is 2. The molecule has 1 aliphatic heterocycles. The van der Waals surface area contributed by atoms with Crippen LogP contribution in [-0.2, 0) is 0 Å². The third-order valence-corrected chi connectivity index (χ3v) is 5.55. The van der Waals surface area contributed by atoms with Gasteiger partial charge in [0.25, 0.3) is 0 Å². The van der Waals surface area contributed by atoms with E-state index in [4.69, 9.17) is 19.9 Å². The number of methoxy groups -OCH3 is 2. The maximum absolute atomic E-state index is 9.90. The number of aromatic amines is 1. The van der Waals surface area contributed by atoms with Crippen molar-refractivity contribution in [1.29, 1.82) is 5.26 Å². The zero-order valence-electron chi connectivity index (χ0n) is 17.9. The SMILES string of the molecule is COc1ccc(OC)c(-c2[nH]nc3c2C(c2ccc(C(C)C)cc2)C(C#N)=C(N)O3)c1. The molecule has 4 rings (SSSR count). The summed E-state index contributed by atoms with van der Waals surface area (Å²) < 4.78 is 16.7. The van der Waals surface area contributed by atoms with Crippen LogP contribution in [0.25, 0.3) is 11.3 Å². The molecule has 0 saturated carbocycles. The lowest BCUT2D eigenvalue weighted by atomic mass is 9.82. The number of H-pyrrole nitrogens is 1. The Bertz CT molecular complexity index is 1190. The van der Waals surface area contributed by atoms with E-state index in [1.165, 1.54) is 5.56 Å². The maximum Gasteiger partial charge on any atom is 0.244 e. The van der Waals surface area contributed by atoms with Gasteiger partial charge >= 0.3 is 0 Å². The van der Waals surface area contributed by atoms with Crippen molar-refractivity contribution < 1.29 is 14.2 Å². The lowest BCUT2D eigenvalue weighted by Crippen LogP contribution is -2.21. The van der Waals surface area contributed by atoms with Crippen LogP contribution in [0, 0.1) is 11.3 Å². The molecule has 0 saturated heterocycles. The van der Waals surface area contributed by atoms with Gasteiger partial charge in [0, 0.05) is 5.56 Å². The van der Waals surface area contributed by atoms with Crippen LogP contribution in [0.1, 0.15) is 42.4 Å². The molecule has 0 fully saturated rings. The first-order valence-corrected chi connectivity index (χ1v) is 9.96. The third kappa shape index (κ3) is 3.46. The van der Waals surface area contributed by atoms with E-state index in [-0.39, 0.29) is 5.88 Å². The highest BCUT2D eigenvalue weighted by Gasteiger charge is 2.36. The summed E-state index contributed by atoms with van der Waals surface area (Å²) in [4.78, 5) is 0. The zero-order valence-corrected chi connectivity index (χ0v) is 17.9. The monoisotopic (exact) mass is 416 g/mol. The summed E-state index contributed by atoms with van der Waals surface area (Å²) in [6, 6.07) is 15.9. The highest BCUT2D eigenvalue weighted by Crippen LogP contribution is 2.47. The molecule has 7 nitrogen and oxygen atoms in total. The van der Waals surface area contributed by atoms with E-state index in [9.17, 15) is 5.26 Å². The average molecular weight is 416 g/mol. The fourth-order valence-corrected chi connectivity index (χ4v) is 3.87. The van der Waals surface area contributed by atoms with E-state index in [0.29, 0.717) is 34.6 Å². The Balaban J connectivity index is 1.93. The second-order valence-electron chi connectivity index (χ2n) is 7.63. The second kappa shape index (κ2) is 8.07. The molecule has 7 heteroatoms. The van der Waals surface area contributed by atoms with E-state index < -0.39 is 5.92 Å². The van der Waals surface area contributed by atoms with Crippen LogP contribution in [0.3, 0.4) is 0 Å². The molecule has 1 atom stereocenters. The number of ether oxygens (including phenoxy) is 3. The molecule has 2 heterocycles. The lowest BCUT2D eigenvalue weighted by Gasteiger charge is -2.24. The number of hydrogen-bond acceptors (Lipinski definition) is 6. The van der Waals surface area contributed by atoms with Crippen molar-refractivity contribution in [1.82, 2.24) is 10.2 Å². The van der Waals surface area contributed by atoms with Crippen LogP contribution in [0.15, 0.2) is 53.9 Å². The van der Waals surface area contributed by atoms with Crippen molar-refractivity contribution in [2.75, 3.05) is 14.2 Å². The Morgan fingerprint density at radius 1 is 1.13 bits per heavy atom. The van der Waals surface area contributed by atoms with Gasteiger partial charge in [0.05, 0.1) is 31.4 Å². The maximum atomic E-state index is 9.90. The topological polar surface area (TPSA) is 106 Å². The first-order valence-electron chi connectivity index (χ1n) is 9.96. The van der Waals surface area contributed by atoms with Crippen LogP contribution >= 0.6 is 0 Å². The minimum Gasteiger partial charge on any atom is -0.497 e. The Kier molecular flexibility index (Phi) is 5.30. The third-order valence-electron chi connectivity index (χ3n) is 5.55. The molecule has 1 aromatic heterocycles. The van der Waals surface area contributed by atoms with Gasteiger partial charge in [0.15, 0.2) is 0 Å². The van der Waals surface area contributed by atoms with Gasteiger partial charge in [-0.05, 0) is 35.2 Å². The number of allylic oxidation sites excluding steroid dienone is 1. The lowest BCUT2D eigenvalue weighted by molar-refractivity contribution is 0.379. The predicted molar refractivity (Wildman–Crippen MR) is 117 cm³/mol. The van der Waals surface area contributed by atoms with Crippen molar-refractivity contribution in [3.63, 3.8) is 0 Å². The molecule has 2 aromatic carbocycles. The van der Waals surface area contributed by atoms with Gasteiger partial charge in [0.2, 0.25) is 11.8 Å². The minimum atomic E-state index is -0.431. The molecule has 158 valence electrons. The molecule has 0 bridgehead atoms. The van der Waals surface area contributed by atoms with Crippen molar-refractivity contribution in [3.05, 3.63) is 70.6 Å². The summed E-state index contributed by atoms with van der Waals surface area (Å²) in [6.45, 7) is 4.28. The molecule has 1 unspecified atom stereocenters. The van der Waals surface area contributed by atoms with E-state index in [1.54, 1.807) is 14.2 Å². The zero-order chi connectivity index (χ0) is 22.1. The van der Waals surface area contributed by atoms with Crippen molar-refractivity contribution in [2.45, 2.75) is 25.7 Å². The van der Waals surface area contributed by atoms with Gasteiger partial charge in [-0.3, -0.25) is 5.10 Å². The molecule has 1 aliphatic rings. The summed E-state index contributed by atoms with van der Waals surface area (Å²) in [6.07, 6.45) is 0. The summed E-state index contributed by atoms with van der Waals surface area (Å²) in [7, 11) is 3.21. The number of rotatable bonds is 5. The molecular weight excluding hydrogens is 392 g/mol. The van der Waals surface area contributed by atoms with Crippen LogP contribution in [0.4, 0.5) is 0 Å². The van der Waals surface area contributed by atoms with E-state index in [1.807, 2.05) is 30.3 Å². The summed E-state index contributed by atoms with van der Waals surface area (Å²) in [5.41, 5.74) is 10.7. The normalized spacial score (nSPS) is 15.3. The van der Waals surface area contributed by atoms with E-state index in [0.717, 1.165) is 16.7 Å². The van der Waals surface area contributed by atoms with Crippen molar-refractivity contribution in [3.8, 4) is 34.7 Å². The Morgan fingerprint density at radius 3 is 2.48 bits per heavy atom. The minimum absolute atomic E-state index is 0.0589. The van der Waals surface area contributed by atoms with Crippen LogP contribution in [-0.4, -0.2) is 24.4 Å². The predicted octanol–water partition coefficient (Wildman–Crippen LogP) is 4.44. The molecule has 0 amide bonds. The standard InChI is InChI=1S/C24H24N4O3/c1-13(2)14-5-7-15(8-6-14)20-18(12-25)23(26)31-24-21(20)22(27-28-24)17-11-16(29-3)9-10-19(17)30-4/h5-11,13,20H,26H2,1-4H3,(H,27,28). The van der Waals surface area contributed by atoms with Crippen LogP contribution in [0.5, 0.6) is 17.4 Å². The average Bonchev–Trinajstić information content (AvgIpc) is 3.20. The quantitative estimate of drug-likeness (QED) is 0.637. The highest BCUT2D eigenvalue weighted by molar-refractivity contribution is 5.76. The fourth-order valence-electron chi connectivity index (χ4n) is 3.87. The Morgan fingerprint density at radius 2 is 1.87 bits per heavy atom. The van der Waals surface area contributed by atoms with E-state index in [2.05, 4.69) is 42.2 Å². The van der Waals surface area contributed by atoms with Gasteiger partial charge in [-0.1, -0.05) is 38.1 Å². The molecular formula is C24H24N4O3.